The zero-order chi connectivity index (χ0) is 18.5. The Morgan fingerprint density at radius 3 is 2.25 bits per heavy atom. The molecule has 11 heteroatoms. The van der Waals surface area contributed by atoms with E-state index in [1.54, 1.807) is 0 Å². The Hall–Kier alpha value is -1.33. The second kappa shape index (κ2) is 8.17. The molecule has 1 aromatic carbocycles. The number of sulfonamides is 2. The van der Waals surface area contributed by atoms with Crippen molar-refractivity contribution in [3.8, 4) is 0 Å². The maximum atomic E-state index is 13.8. The molecule has 0 heterocycles. The maximum Gasteiger partial charge on any atom is 0.232 e. The van der Waals surface area contributed by atoms with Crippen LogP contribution in [0.1, 0.15) is 19.8 Å². The lowest BCUT2D eigenvalue weighted by atomic mass is 10.3. The molecule has 1 aromatic rings. The lowest BCUT2D eigenvalue weighted by molar-refractivity contribution is 0.447. The first kappa shape index (κ1) is 20.7. The van der Waals surface area contributed by atoms with E-state index in [4.69, 9.17) is 0 Å². The highest BCUT2D eigenvalue weighted by Crippen LogP contribution is 2.25. The number of hydrogen-bond acceptors (Lipinski definition) is 4. The fourth-order valence-electron chi connectivity index (χ4n) is 1.88. The number of nitrogens with zero attached hydrogens (tertiary/aromatic N) is 1. The van der Waals surface area contributed by atoms with Gasteiger partial charge in [0.2, 0.25) is 20.0 Å². The van der Waals surface area contributed by atoms with Gasteiger partial charge in [0.05, 0.1) is 17.7 Å². The van der Waals surface area contributed by atoms with Crippen LogP contribution in [-0.2, 0) is 20.0 Å². The van der Waals surface area contributed by atoms with E-state index in [0.29, 0.717) is 23.2 Å². The minimum absolute atomic E-state index is 0.123. The molecule has 0 unspecified atom stereocenters. The average Bonchev–Trinajstić information content (AvgIpc) is 2.47. The molecule has 0 radical (unpaired) electrons. The van der Waals surface area contributed by atoms with E-state index >= 15 is 0 Å². The van der Waals surface area contributed by atoms with E-state index in [1.165, 1.54) is 0 Å². The van der Waals surface area contributed by atoms with E-state index < -0.39 is 49.7 Å². The number of halogens is 3. The Kier molecular flexibility index (Phi) is 7.05. The van der Waals surface area contributed by atoms with Crippen molar-refractivity contribution in [3.05, 3.63) is 29.6 Å². The molecule has 0 atom stereocenters. The zero-order valence-electron chi connectivity index (χ0n) is 13.2. The van der Waals surface area contributed by atoms with Gasteiger partial charge in [-0.05, 0) is 18.6 Å². The first-order chi connectivity index (χ1) is 11.0. The molecule has 0 aliphatic heterocycles. The Morgan fingerprint density at radius 2 is 1.71 bits per heavy atom. The molecule has 0 aliphatic carbocycles. The minimum atomic E-state index is -4.04. The van der Waals surface area contributed by atoms with E-state index in [0.717, 1.165) is 12.3 Å². The summed E-state index contributed by atoms with van der Waals surface area (Å²) in [6.45, 7) is 1.01. The van der Waals surface area contributed by atoms with Crippen LogP contribution in [0.4, 0.5) is 18.9 Å². The van der Waals surface area contributed by atoms with Crippen molar-refractivity contribution in [1.29, 1.82) is 0 Å². The summed E-state index contributed by atoms with van der Waals surface area (Å²) in [6.07, 6.45) is 1.85. The smallest absolute Gasteiger partial charge is 0.232 e. The Morgan fingerprint density at radius 1 is 1.08 bits per heavy atom. The number of anilines is 1. The fraction of sp³-hybridized carbons (Fsp3) is 0.538. The van der Waals surface area contributed by atoms with Gasteiger partial charge in [0.15, 0.2) is 17.5 Å². The van der Waals surface area contributed by atoms with Crippen molar-refractivity contribution >= 4 is 25.7 Å². The van der Waals surface area contributed by atoms with Crippen LogP contribution >= 0.6 is 0 Å². The molecule has 0 saturated heterocycles. The predicted molar refractivity (Wildman–Crippen MR) is 85.2 cm³/mol. The molecule has 6 nitrogen and oxygen atoms in total. The molecule has 1 N–H and O–H groups in total. The van der Waals surface area contributed by atoms with Crippen molar-refractivity contribution in [2.45, 2.75) is 19.8 Å². The maximum absolute atomic E-state index is 13.8. The summed E-state index contributed by atoms with van der Waals surface area (Å²) in [6, 6.07) is 1.37. The van der Waals surface area contributed by atoms with Crippen molar-refractivity contribution in [1.82, 2.24) is 4.72 Å². The van der Waals surface area contributed by atoms with Gasteiger partial charge in [0.1, 0.15) is 0 Å². The highest BCUT2D eigenvalue weighted by atomic mass is 32.2. The summed E-state index contributed by atoms with van der Waals surface area (Å²) >= 11 is 0. The van der Waals surface area contributed by atoms with E-state index in [-0.39, 0.29) is 12.3 Å². The summed E-state index contributed by atoms with van der Waals surface area (Å²) in [5.41, 5.74) is -0.691. The minimum Gasteiger partial charge on any atom is -0.266 e. The third-order valence-corrected chi connectivity index (χ3v) is 5.74. The molecular weight excluding hydrogens is 369 g/mol. The van der Waals surface area contributed by atoms with Gasteiger partial charge in [0.25, 0.3) is 0 Å². The Bertz CT molecular complexity index is 783. The molecule has 0 spiro atoms. The first-order valence-corrected chi connectivity index (χ1v) is 10.6. The van der Waals surface area contributed by atoms with Crippen LogP contribution in [0.15, 0.2) is 12.1 Å². The topological polar surface area (TPSA) is 83.6 Å². The number of nitrogens with one attached hydrogen (secondary N) is 1. The monoisotopic (exact) mass is 388 g/mol. The summed E-state index contributed by atoms with van der Waals surface area (Å²) in [4.78, 5) is 0. The molecule has 24 heavy (non-hydrogen) atoms. The largest absolute Gasteiger partial charge is 0.266 e. The average molecular weight is 388 g/mol. The van der Waals surface area contributed by atoms with Crippen LogP contribution in [-0.4, -0.2) is 41.9 Å². The molecule has 0 amide bonds. The van der Waals surface area contributed by atoms with Crippen LogP contribution in [0.5, 0.6) is 0 Å². The fourth-order valence-corrected chi connectivity index (χ4v) is 4.02. The molecular formula is C13H19F3N2O4S2. The molecule has 0 fully saturated rings. The van der Waals surface area contributed by atoms with Crippen molar-refractivity contribution in [2.75, 3.05) is 29.4 Å². The van der Waals surface area contributed by atoms with E-state index in [2.05, 4.69) is 4.72 Å². The summed E-state index contributed by atoms with van der Waals surface area (Å²) in [5.74, 6) is -5.04. The third-order valence-electron chi connectivity index (χ3n) is 3.09. The second-order valence-corrected chi connectivity index (χ2v) is 8.93. The van der Waals surface area contributed by atoms with Gasteiger partial charge in [-0.2, -0.15) is 0 Å². The van der Waals surface area contributed by atoms with Crippen LogP contribution in [0.25, 0.3) is 0 Å². The third kappa shape index (κ3) is 5.64. The molecule has 1 rings (SSSR count). The van der Waals surface area contributed by atoms with Gasteiger partial charge in [-0.3, -0.25) is 4.31 Å². The van der Waals surface area contributed by atoms with Gasteiger partial charge in [-0.25, -0.2) is 34.7 Å². The predicted octanol–water partition coefficient (Wildman–Crippen LogP) is 1.59. The normalized spacial score (nSPS) is 12.4. The van der Waals surface area contributed by atoms with Gasteiger partial charge in [-0.1, -0.05) is 13.3 Å². The summed E-state index contributed by atoms with van der Waals surface area (Å²) < 4.78 is 89.6. The number of unbranched alkanes of at least 4 members (excludes halogenated alkanes) is 1. The SMILES string of the molecule is CCCCS(=O)(=O)NCCN(c1ccc(F)c(F)c1F)S(C)(=O)=O. The number of benzene rings is 1. The van der Waals surface area contributed by atoms with Crippen molar-refractivity contribution < 1.29 is 30.0 Å². The standard InChI is InChI=1S/C13H19F3N2O4S2/c1-3-4-9-24(21,22)17-7-8-18(23(2,19)20)11-6-5-10(14)12(15)13(11)16/h5-6,17H,3-4,7-9H2,1-2H3. The van der Waals surface area contributed by atoms with E-state index in [9.17, 15) is 30.0 Å². The summed E-state index contributed by atoms with van der Waals surface area (Å²) in [7, 11) is -7.63. The quantitative estimate of drug-likeness (QED) is 0.651. The lowest BCUT2D eigenvalue weighted by Crippen LogP contribution is -2.39. The van der Waals surface area contributed by atoms with Gasteiger partial charge in [-0.15, -0.1) is 0 Å². The number of hydrogen-bond donors (Lipinski definition) is 1. The molecule has 0 bridgehead atoms. The van der Waals surface area contributed by atoms with Gasteiger partial charge < -0.3 is 0 Å². The molecule has 138 valence electrons. The molecule has 0 saturated carbocycles. The zero-order valence-corrected chi connectivity index (χ0v) is 14.9. The first-order valence-electron chi connectivity index (χ1n) is 7.08. The van der Waals surface area contributed by atoms with Crippen molar-refractivity contribution in [2.24, 2.45) is 0 Å². The highest BCUT2D eigenvalue weighted by Gasteiger charge is 2.24. The lowest BCUT2D eigenvalue weighted by Gasteiger charge is -2.23. The van der Waals surface area contributed by atoms with E-state index in [1.807, 2.05) is 6.92 Å². The highest BCUT2D eigenvalue weighted by molar-refractivity contribution is 7.92. The van der Waals surface area contributed by atoms with Crippen molar-refractivity contribution in [3.63, 3.8) is 0 Å². The molecule has 0 aliphatic rings. The van der Waals surface area contributed by atoms with Gasteiger partial charge in [0, 0.05) is 13.1 Å². The summed E-state index contributed by atoms with van der Waals surface area (Å²) in [5, 5.41) is 0. The van der Waals surface area contributed by atoms with Crippen LogP contribution in [0.2, 0.25) is 0 Å². The van der Waals surface area contributed by atoms with Crippen LogP contribution < -0.4 is 9.03 Å². The van der Waals surface area contributed by atoms with Crippen LogP contribution in [0, 0.1) is 17.5 Å². The number of rotatable bonds is 9. The molecule has 0 aromatic heterocycles. The van der Waals surface area contributed by atoms with Crippen LogP contribution in [0.3, 0.4) is 0 Å². The Balaban J connectivity index is 2.96. The second-order valence-electron chi connectivity index (χ2n) is 5.10. The Labute approximate surface area is 139 Å². The van der Waals surface area contributed by atoms with Gasteiger partial charge >= 0.3 is 0 Å².